The maximum atomic E-state index is 6.08. The Morgan fingerprint density at radius 1 is 1.38 bits per heavy atom. The summed E-state index contributed by atoms with van der Waals surface area (Å²) in [5.41, 5.74) is 1.74. The molecule has 0 N–H and O–H groups in total. The van der Waals surface area contributed by atoms with Crippen molar-refractivity contribution in [2.24, 2.45) is 0 Å². The summed E-state index contributed by atoms with van der Waals surface area (Å²) >= 11 is 6.08. The van der Waals surface area contributed by atoms with Gasteiger partial charge in [0, 0.05) is 11.6 Å². The summed E-state index contributed by atoms with van der Waals surface area (Å²) < 4.78 is 10.5. The molecule has 0 spiro atoms. The monoisotopic (exact) mass is 237 g/mol. The fourth-order valence-electron chi connectivity index (χ4n) is 1.43. The molecule has 4 heteroatoms. The highest BCUT2D eigenvalue weighted by Crippen LogP contribution is 2.30. The van der Waals surface area contributed by atoms with Crippen LogP contribution < -0.4 is 4.74 Å². The number of aryl methyl sites for hydroxylation is 1. The first-order valence-electron chi connectivity index (χ1n) is 5.06. The van der Waals surface area contributed by atoms with E-state index in [0.29, 0.717) is 23.1 Å². The SMILES string of the molecule is CCOc1ccc(-c2cc(C)no2)cc1Cl. The van der Waals surface area contributed by atoms with Crippen LogP contribution in [0.4, 0.5) is 0 Å². The predicted molar refractivity (Wildman–Crippen MR) is 62.9 cm³/mol. The van der Waals surface area contributed by atoms with Crippen molar-refractivity contribution in [2.75, 3.05) is 6.61 Å². The Hall–Kier alpha value is -1.48. The van der Waals surface area contributed by atoms with E-state index in [2.05, 4.69) is 5.16 Å². The van der Waals surface area contributed by atoms with Gasteiger partial charge in [-0.15, -0.1) is 0 Å². The van der Waals surface area contributed by atoms with E-state index in [1.807, 2.05) is 38.1 Å². The van der Waals surface area contributed by atoms with Gasteiger partial charge in [-0.25, -0.2) is 0 Å². The molecule has 0 radical (unpaired) electrons. The third-order valence-corrected chi connectivity index (χ3v) is 2.44. The van der Waals surface area contributed by atoms with E-state index >= 15 is 0 Å². The predicted octanol–water partition coefficient (Wildman–Crippen LogP) is 3.70. The normalized spacial score (nSPS) is 10.4. The third-order valence-electron chi connectivity index (χ3n) is 2.14. The number of aromatic nitrogens is 1. The molecular weight excluding hydrogens is 226 g/mol. The summed E-state index contributed by atoms with van der Waals surface area (Å²) in [6.07, 6.45) is 0. The van der Waals surface area contributed by atoms with Gasteiger partial charge in [0.1, 0.15) is 5.75 Å². The lowest BCUT2D eigenvalue weighted by molar-refractivity contribution is 0.340. The average molecular weight is 238 g/mol. The molecule has 2 rings (SSSR count). The zero-order chi connectivity index (χ0) is 11.5. The van der Waals surface area contributed by atoms with Gasteiger partial charge in [0.05, 0.1) is 17.3 Å². The summed E-state index contributed by atoms with van der Waals surface area (Å²) in [7, 11) is 0. The van der Waals surface area contributed by atoms with E-state index in [4.69, 9.17) is 20.9 Å². The van der Waals surface area contributed by atoms with Crippen LogP contribution in [-0.2, 0) is 0 Å². The van der Waals surface area contributed by atoms with Crippen LogP contribution in [0.5, 0.6) is 5.75 Å². The lowest BCUT2D eigenvalue weighted by Gasteiger charge is -2.05. The fourth-order valence-corrected chi connectivity index (χ4v) is 1.66. The fraction of sp³-hybridized carbons (Fsp3) is 0.250. The quantitative estimate of drug-likeness (QED) is 0.817. The van der Waals surface area contributed by atoms with Crippen LogP contribution in [0.2, 0.25) is 5.02 Å². The van der Waals surface area contributed by atoms with Gasteiger partial charge < -0.3 is 9.26 Å². The zero-order valence-electron chi connectivity index (χ0n) is 9.16. The van der Waals surface area contributed by atoms with Crippen molar-refractivity contribution in [3.8, 4) is 17.1 Å². The largest absolute Gasteiger partial charge is 0.492 e. The third kappa shape index (κ3) is 2.19. The number of halogens is 1. The Bertz CT molecular complexity index is 494. The number of ether oxygens (including phenoxy) is 1. The van der Waals surface area contributed by atoms with Gasteiger partial charge in [0.25, 0.3) is 0 Å². The van der Waals surface area contributed by atoms with Gasteiger partial charge in [-0.3, -0.25) is 0 Å². The number of benzene rings is 1. The number of rotatable bonds is 3. The average Bonchev–Trinajstić information content (AvgIpc) is 2.68. The maximum absolute atomic E-state index is 6.08. The minimum Gasteiger partial charge on any atom is -0.492 e. The molecule has 0 aliphatic rings. The first-order valence-corrected chi connectivity index (χ1v) is 5.44. The molecule has 2 aromatic rings. The molecule has 16 heavy (non-hydrogen) atoms. The summed E-state index contributed by atoms with van der Waals surface area (Å²) in [5.74, 6) is 1.40. The van der Waals surface area contributed by atoms with Gasteiger partial charge in [-0.1, -0.05) is 16.8 Å². The number of nitrogens with zero attached hydrogens (tertiary/aromatic N) is 1. The molecule has 0 amide bonds. The lowest BCUT2D eigenvalue weighted by Crippen LogP contribution is -1.91. The Kier molecular flexibility index (Phi) is 3.15. The highest BCUT2D eigenvalue weighted by molar-refractivity contribution is 6.32. The summed E-state index contributed by atoms with van der Waals surface area (Å²) in [6, 6.07) is 7.41. The van der Waals surface area contributed by atoms with Crippen molar-refractivity contribution in [3.05, 3.63) is 35.0 Å². The van der Waals surface area contributed by atoms with Crippen LogP contribution in [-0.4, -0.2) is 11.8 Å². The van der Waals surface area contributed by atoms with Crippen LogP contribution in [0.1, 0.15) is 12.6 Å². The molecule has 0 bridgehead atoms. The van der Waals surface area contributed by atoms with Crippen molar-refractivity contribution in [3.63, 3.8) is 0 Å². The van der Waals surface area contributed by atoms with Gasteiger partial charge in [0.15, 0.2) is 5.76 Å². The molecule has 0 aliphatic carbocycles. The molecule has 0 atom stereocenters. The van der Waals surface area contributed by atoms with Crippen molar-refractivity contribution in [1.82, 2.24) is 5.16 Å². The maximum Gasteiger partial charge on any atom is 0.167 e. The van der Waals surface area contributed by atoms with Crippen LogP contribution >= 0.6 is 11.6 Å². The molecule has 84 valence electrons. The van der Waals surface area contributed by atoms with Crippen molar-refractivity contribution >= 4 is 11.6 Å². The molecular formula is C12H12ClNO2. The number of hydrogen-bond donors (Lipinski definition) is 0. The molecule has 1 aromatic heterocycles. The van der Waals surface area contributed by atoms with Crippen LogP contribution in [0, 0.1) is 6.92 Å². The highest BCUT2D eigenvalue weighted by Gasteiger charge is 2.07. The molecule has 0 unspecified atom stereocenters. The summed E-state index contributed by atoms with van der Waals surface area (Å²) in [6.45, 7) is 4.40. The molecule has 0 aliphatic heterocycles. The molecule has 0 saturated heterocycles. The molecule has 0 fully saturated rings. The topological polar surface area (TPSA) is 35.3 Å². The lowest BCUT2D eigenvalue weighted by atomic mass is 10.1. The first kappa shape index (κ1) is 11.0. The van der Waals surface area contributed by atoms with E-state index in [9.17, 15) is 0 Å². The second kappa shape index (κ2) is 4.58. The Morgan fingerprint density at radius 3 is 2.75 bits per heavy atom. The molecule has 0 saturated carbocycles. The van der Waals surface area contributed by atoms with Crippen LogP contribution in [0.25, 0.3) is 11.3 Å². The Morgan fingerprint density at radius 2 is 2.19 bits per heavy atom. The Balaban J connectivity index is 2.34. The number of hydrogen-bond acceptors (Lipinski definition) is 3. The molecule has 3 nitrogen and oxygen atoms in total. The summed E-state index contributed by atoms with van der Waals surface area (Å²) in [5, 5.41) is 4.41. The second-order valence-corrected chi connectivity index (χ2v) is 3.82. The standard InChI is InChI=1S/C12H12ClNO2/c1-3-15-11-5-4-9(7-10(11)13)12-6-8(2)14-16-12/h4-7H,3H2,1-2H3. The van der Waals surface area contributed by atoms with Gasteiger partial charge >= 0.3 is 0 Å². The van der Waals surface area contributed by atoms with E-state index in [1.165, 1.54) is 0 Å². The molecule has 1 heterocycles. The minimum absolute atomic E-state index is 0.577. The van der Waals surface area contributed by atoms with E-state index in [1.54, 1.807) is 0 Å². The van der Waals surface area contributed by atoms with Gasteiger partial charge in [0.2, 0.25) is 0 Å². The molecule has 1 aromatic carbocycles. The Labute approximate surface area is 99.0 Å². The van der Waals surface area contributed by atoms with E-state index < -0.39 is 0 Å². The summed E-state index contributed by atoms with van der Waals surface area (Å²) in [4.78, 5) is 0. The van der Waals surface area contributed by atoms with Crippen LogP contribution in [0.3, 0.4) is 0 Å². The second-order valence-electron chi connectivity index (χ2n) is 3.41. The van der Waals surface area contributed by atoms with Crippen molar-refractivity contribution < 1.29 is 9.26 Å². The van der Waals surface area contributed by atoms with Crippen molar-refractivity contribution in [2.45, 2.75) is 13.8 Å². The zero-order valence-corrected chi connectivity index (χ0v) is 9.91. The van der Waals surface area contributed by atoms with Gasteiger partial charge in [-0.2, -0.15) is 0 Å². The van der Waals surface area contributed by atoms with Crippen LogP contribution in [0.15, 0.2) is 28.8 Å². The van der Waals surface area contributed by atoms with E-state index in [-0.39, 0.29) is 0 Å². The van der Waals surface area contributed by atoms with E-state index in [0.717, 1.165) is 11.3 Å². The first-order chi connectivity index (χ1) is 7.70. The minimum atomic E-state index is 0.577. The van der Waals surface area contributed by atoms with Gasteiger partial charge in [-0.05, 0) is 32.0 Å². The van der Waals surface area contributed by atoms with Crippen molar-refractivity contribution in [1.29, 1.82) is 0 Å². The smallest absolute Gasteiger partial charge is 0.167 e. The highest BCUT2D eigenvalue weighted by atomic mass is 35.5.